The molecule has 0 aliphatic carbocycles. The molecule has 0 fully saturated rings. The molecular weight excluding hydrogens is 449 g/mol. The van der Waals surface area contributed by atoms with Gasteiger partial charge in [-0.15, -0.1) is 11.3 Å². The largest absolute Gasteiger partial charge is 0.416 e. The summed E-state index contributed by atoms with van der Waals surface area (Å²) in [6.45, 7) is 5.65. The van der Waals surface area contributed by atoms with Crippen LogP contribution in [0.4, 0.5) is 13.2 Å². The summed E-state index contributed by atoms with van der Waals surface area (Å²) in [5, 5.41) is 4.56. The molecule has 0 aliphatic heterocycles. The van der Waals surface area contributed by atoms with Gasteiger partial charge >= 0.3 is 6.18 Å². The van der Waals surface area contributed by atoms with E-state index in [1.807, 2.05) is 13.8 Å². The topological polar surface area (TPSA) is 73.8 Å². The van der Waals surface area contributed by atoms with E-state index in [0.29, 0.717) is 15.4 Å². The summed E-state index contributed by atoms with van der Waals surface area (Å²) in [6.07, 6.45) is -4.46. The standard InChI is InChI=1S/C20H17F3N4O2S2/c1-9-10(2)30-17-14(9)18(28)27(4)19(25-17)31-11(3)16-24-15(26-29-16)12-6-5-7-13(8-12)20(21,22)23/h5-8,11H,1-4H3. The zero-order valence-corrected chi connectivity index (χ0v) is 18.6. The Morgan fingerprint density at radius 2 is 1.97 bits per heavy atom. The SMILES string of the molecule is Cc1sc2nc(SC(C)c3nc(-c4cccc(C(F)(F)F)c4)no3)n(C)c(=O)c2c1C. The van der Waals surface area contributed by atoms with Crippen molar-refractivity contribution in [1.82, 2.24) is 19.7 Å². The third-order valence-electron chi connectivity index (χ3n) is 4.89. The summed E-state index contributed by atoms with van der Waals surface area (Å²) in [4.78, 5) is 23.4. The number of benzene rings is 1. The molecule has 0 saturated heterocycles. The number of nitrogens with zero attached hydrogens (tertiary/aromatic N) is 4. The van der Waals surface area contributed by atoms with Crippen LogP contribution < -0.4 is 5.56 Å². The van der Waals surface area contributed by atoms with E-state index in [1.54, 1.807) is 14.0 Å². The average molecular weight is 467 g/mol. The minimum Gasteiger partial charge on any atom is -0.338 e. The Hall–Kier alpha value is -2.66. The van der Waals surface area contributed by atoms with E-state index in [2.05, 4.69) is 15.1 Å². The van der Waals surface area contributed by atoms with Crippen molar-refractivity contribution >= 4 is 33.3 Å². The number of thioether (sulfide) groups is 1. The zero-order valence-electron chi connectivity index (χ0n) is 16.9. The second-order valence-electron chi connectivity index (χ2n) is 7.02. The van der Waals surface area contributed by atoms with Crippen LogP contribution in [0.5, 0.6) is 0 Å². The second kappa shape index (κ2) is 7.79. The van der Waals surface area contributed by atoms with Crippen molar-refractivity contribution in [2.45, 2.75) is 37.4 Å². The highest BCUT2D eigenvalue weighted by Crippen LogP contribution is 2.36. The maximum Gasteiger partial charge on any atom is 0.416 e. The van der Waals surface area contributed by atoms with Gasteiger partial charge < -0.3 is 4.52 Å². The van der Waals surface area contributed by atoms with Gasteiger partial charge in [-0.05, 0) is 38.5 Å². The number of aryl methyl sites for hydroxylation is 2. The van der Waals surface area contributed by atoms with Crippen molar-refractivity contribution in [2.75, 3.05) is 0 Å². The van der Waals surface area contributed by atoms with E-state index < -0.39 is 11.7 Å². The Labute approximate surface area is 183 Å². The van der Waals surface area contributed by atoms with Crippen LogP contribution >= 0.6 is 23.1 Å². The van der Waals surface area contributed by atoms with Crippen molar-refractivity contribution in [3.63, 3.8) is 0 Å². The van der Waals surface area contributed by atoms with Crippen molar-refractivity contribution in [3.8, 4) is 11.4 Å². The number of alkyl halides is 3. The smallest absolute Gasteiger partial charge is 0.338 e. The molecule has 31 heavy (non-hydrogen) atoms. The van der Waals surface area contributed by atoms with Gasteiger partial charge in [-0.1, -0.05) is 29.1 Å². The second-order valence-corrected chi connectivity index (χ2v) is 9.53. The lowest BCUT2D eigenvalue weighted by Crippen LogP contribution is -2.20. The molecule has 0 bridgehead atoms. The number of thiophene rings is 1. The van der Waals surface area contributed by atoms with Gasteiger partial charge in [-0.3, -0.25) is 9.36 Å². The van der Waals surface area contributed by atoms with Gasteiger partial charge in [-0.2, -0.15) is 18.2 Å². The molecule has 3 heterocycles. The fourth-order valence-corrected chi connectivity index (χ4v) is 5.00. The van der Waals surface area contributed by atoms with Crippen LogP contribution in [0.25, 0.3) is 21.6 Å². The maximum atomic E-state index is 13.0. The Kier molecular flexibility index (Phi) is 5.42. The molecule has 3 aromatic heterocycles. The van der Waals surface area contributed by atoms with Crippen LogP contribution in [0, 0.1) is 13.8 Å². The highest BCUT2D eigenvalue weighted by atomic mass is 32.2. The number of rotatable bonds is 4. The molecule has 1 unspecified atom stereocenters. The van der Waals surface area contributed by atoms with Gasteiger partial charge in [-0.25, -0.2) is 4.98 Å². The summed E-state index contributed by atoms with van der Waals surface area (Å²) in [5.41, 5.74) is 0.225. The Bertz CT molecular complexity index is 1340. The summed E-state index contributed by atoms with van der Waals surface area (Å²) in [7, 11) is 1.65. The van der Waals surface area contributed by atoms with Crippen LogP contribution in [0.15, 0.2) is 38.7 Å². The third kappa shape index (κ3) is 3.99. The van der Waals surface area contributed by atoms with Gasteiger partial charge in [0.1, 0.15) is 4.83 Å². The number of hydrogen-bond acceptors (Lipinski definition) is 7. The molecule has 1 aromatic carbocycles. The van der Waals surface area contributed by atoms with Crippen LogP contribution in [0.3, 0.4) is 0 Å². The Morgan fingerprint density at radius 1 is 1.23 bits per heavy atom. The van der Waals surface area contributed by atoms with Crippen molar-refractivity contribution in [3.05, 3.63) is 56.5 Å². The van der Waals surface area contributed by atoms with E-state index in [0.717, 1.165) is 22.6 Å². The molecular formula is C20H17F3N4O2S2. The minimum absolute atomic E-state index is 0.0651. The third-order valence-corrected chi connectivity index (χ3v) is 7.12. The summed E-state index contributed by atoms with van der Waals surface area (Å²) < 4.78 is 45.7. The van der Waals surface area contributed by atoms with E-state index in [1.165, 1.54) is 39.8 Å². The first kappa shape index (κ1) is 21.6. The molecule has 0 spiro atoms. The predicted octanol–water partition coefficient (Wildman–Crippen LogP) is 5.53. The highest BCUT2D eigenvalue weighted by molar-refractivity contribution is 7.99. The molecule has 1 atom stereocenters. The maximum absolute atomic E-state index is 13.0. The summed E-state index contributed by atoms with van der Waals surface area (Å²) in [6, 6.07) is 4.75. The van der Waals surface area contributed by atoms with E-state index in [-0.39, 0.29) is 28.1 Å². The molecule has 4 aromatic rings. The van der Waals surface area contributed by atoms with Crippen LogP contribution in [-0.4, -0.2) is 19.7 Å². The van der Waals surface area contributed by atoms with Crippen LogP contribution in [0.2, 0.25) is 0 Å². The molecule has 0 amide bonds. The number of fused-ring (bicyclic) bond motifs is 1. The molecule has 11 heteroatoms. The molecule has 162 valence electrons. The lowest BCUT2D eigenvalue weighted by Gasteiger charge is -2.10. The van der Waals surface area contributed by atoms with Gasteiger partial charge in [0.15, 0.2) is 5.16 Å². The first-order chi connectivity index (χ1) is 14.6. The Morgan fingerprint density at radius 3 is 2.68 bits per heavy atom. The van der Waals surface area contributed by atoms with E-state index >= 15 is 0 Å². The van der Waals surface area contributed by atoms with E-state index in [4.69, 9.17) is 4.52 Å². The van der Waals surface area contributed by atoms with Gasteiger partial charge in [0.25, 0.3) is 5.56 Å². The molecule has 0 aliphatic rings. The molecule has 0 saturated carbocycles. The Balaban J connectivity index is 1.63. The summed E-state index contributed by atoms with van der Waals surface area (Å²) in [5.74, 6) is 0.292. The molecule has 0 N–H and O–H groups in total. The highest BCUT2D eigenvalue weighted by Gasteiger charge is 2.31. The molecule has 0 radical (unpaired) electrons. The zero-order chi connectivity index (χ0) is 22.5. The lowest BCUT2D eigenvalue weighted by atomic mass is 10.1. The predicted molar refractivity (Wildman–Crippen MR) is 113 cm³/mol. The van der Waals surface area contributed by atoms with Gasteiger partial charge in [0.05, 0.1) is 16.2 Å². The first-order valence-electron chi connectivity index (χ1n) is 9.21. The first-order valence-corrected chi connectivity index (χ1v) is 10.9. The van der Waals surface area contributed by atoms with Crippen LogP contribution in [0.1, 0.15) is 34.1 Å². The molecule has 4 rings (SSSR count). The van der Waals surface area contributed by atoms with Crippen molar-refractivity contribution in [2.24, 2.45) is 7.05 Å². The molecule has 6 nitrogen and oxygen atoms in total. The quantitative estimate of drug-likeness (QED) is 0.291. The van der Waals surface area contributed by atoms with Crippen molar-refractivity contribution < 1.29 is 17.7 Å². The van der Waals surface area contributed by atoms with E-state index in [9.17, 15) is 18.0 Å². The number of hydrogen-bond donors (Lipinski definition) is 0. The van der Waals surface area contributed by atoms with Gasteiger partial charge in [0.2, 0.25) is 11.7 Å². The number of halogens is 3. The summed E-state index contributed by atoms with van der Waals surface area (Å²) >= 11 is 2.73. The minimum atomic E-state index is -4.46. The van der Waals surface area contributed by atoms with Gasteiger partial charge in [0, 0.05) is 17.5 Å². The van der Waals surface area contributed by atoms with Crippen LogP contribution in [-0.2, 0) is 13.2 Å². The fourth-order valence-electron chi connectivity index (χ4n) is 3.02. The monoisotopic (exact) mass is 466 g/mol. The lowest BCUT2D eigenvalue weighted by molar-refractivity contribution is -0.137. The van der Waals surface area contributed by atoms with Crippen molar-refractivity contribution in [1.29, 1.82) is 0 Å². The normalized spacial score (nSPS) is 13.1. The average Bonchev–Trinajstić information content (AvgIpc) is 3.31. The number of aromatic nitrogens is 4. The fraction of sp³-hybridized carbons (Fsp3) is 0.300.